The Morgan fingerprint density at radius 2 is 1.82 bits per heavy atom. The van der Waals surface area contributed by atoms with Gasteiger partial charge >= 0.3 is 12.2 Å². The number of nitrogens with zero attached hydrogens (tertiary/aromatic N) is 5. The van der Waals surface area contributed by atoms with Crippen molar-refractivity contribution in [1.29, 1.82) is 0 Å². The predicted octanol–water partition coefficient (Wildman–Crippen LogP) is 6.63. The molecule has 8 nitrogen and oxygen atoms in total. The Morgan fingerprint density at radius 1 is 1.05 bits per heavy atom. The van der Waals surface area contributed by atoms with E-state index in [0.717, 1.165) is 11.3 Å². The summed E-state index contributed by atoms with van der Waals surface area (Å²) in [5.74, 6) is -1.58. The molecule has 1 N–H and O–H groups in total. The minimum atomic E-state index is -4.50. The van der Waals surface area contributed by atoms with Crippen LogP contribution in [0.2, 0.25) is 0 Å². The molecule has 0 radical (unpaired) electrons. The second-order valence-corrected chi connectivity index (χ2v) is 11.1. The first kappa shape index (κ1) is 29.3. The zero-order valence-electron chi connectivity index (χ0n) is 24.1. The smallest absolute Gasteiger partial charge is 0.329 e. The topological polar surface area (TPSA) is 84.5 Å². The van der Waals surface area contributed by atoms with Crippen LogP contribution in [0, 0.1) is 11.7 Å². The Bertz CT molecular complexity index is 1850. The first-order chi connectivity index (χ1) is 21.1. The van der Waals surface area contributed by atoms with Crippen molar-refractivity contribution in [2.75, 3.05) is 19.6 Å². The second-order valence-electron chi connectivity index (χ2n) is 11.1. The molecule has 3 unspecified atom stereocenters. The van der Waals surface area contributed by atoms with Crippen LogP contribution in [0.15, 0.2) is 73.2 Å². The van der Waals surface area contributed by atoms with Gasteiger partial charge in [-0.3, -0.25) is 13.8 Å². The standard InChI is InChI=1S/C32H30F4N6O2/c1-3-20-16-40(31(44)39-18-32(34,35)36)17-24(20)27-14-37-28-15-38-29-26(42(27)28)11-12-41(29)30(43)19(2)22-9-10-23(25(33)13-22)21-7-5-4-6-8-21/h4-15,19-20,24H,3,16-18H2,1-2H3,(H,39,44). The molecule has 1 saturated heterocycles. The van der Waals surface area contributed by atoms with E-state index >= 15 is 4.39 Å². The van der Waals surface area contributed by atoms with Gasteiger partial charge in [0.15, 0.2) is 11.3 Å². The summed E-state index contributed by atoms with van der Waals surface area (Å²) >= 11 is 0. The summed E-state index contributed by atoms with van der Waals surface area (Å²) in [7, 11) is 0. The molecule has 0 spiro atoms. The average molecular weight is 607 g/mol. The maximum Gasteiger partial charge on any atom is 0.405 e. The highest BCUT2D eigenvalue weighted by molar-refractivity contribution is 5.93. The van der Waals surface area contributed by atoms with Crippen molar-refractivity contribution in [1.82, 2.24) is 29.2 Å². The molecule has 4 heterocycles. The van der Waals surface area contributed by atoms with E-state index in [4.69, 9.17) is 0 Å². The molecular weight excluding hydrogens is 576 g/mol. The van der Waals surface area contributed by atoms with E-state index in [0.29, 0.717) is 40.9 Å². The van der Waals surface area contributed by atoms with Crippen molar-refractivity contribution in [2.45, 2.75) is 38.3 Å². The number of imidazole rings is 1. The number of benzene rings is 2. The van der Waals surface area contributed by atoms with Crippen LogP contribution < -0.4 is 5.32 Å². The third-order valence-electron chi connectivity index (χ3n) is 8.46. The number of alkyl halides is 3. The van der Waals surface area contributed by atoms with Crippen molar-refractivity contribution < 1.29 is 27.2 Å². The van der Waals surface area contributed by atoms with Gasteiger partial charge in [-0.15, -0.1) is 0 Å². The lowest BCUT2D eigenvalue weighted by Gasteiger charge is -2.18. The summed E-state index contributed by atoms with van der Waals surface area (Å²) in [5.41, 5.74) is 4.05. The SMILES string of the molecule is CCC1CN(C(=O)NCC(F)(F)F)CC1c1cnc2cnc3c(ccn3C(=O)C(C)c3ccc(-c4ccccc4)c(F)c3)n12. The minimum absolute atomic E-state index is 0.00718. The van der Waals surface area contributed by atoms with Gasteiger partial charge in [0.25, 0.3) is 0 Å². The van der Waals surface area contributed by atoms with Crippen LogP contribution in [-0.2, 0) is 0 Å². The number of likely N-dealkylation sites (tertiary alicyclic amines) is 1. The molecule has 1 aliphatic rings. The summed E-state index contributed by atoms with van der Waals surface area (Å²) in [6.07, 6.45) is 1.07. The Hall–Kier alpha value is -4.74. The van der Waals surface area contributed by atoms with Gasteiger partial charge in [-0.05, 0) is 36.1 Å². The highest BCUT2D eigenvalue weighted by atomic mass is 19.4. The number of hydrogen-bond acceptors (Lipinski definition) is 4. The monoisotopic (exact) mass is 606 g/mol. The molecule has 5 aromatic rings. The third-order valence-corrected chi connectivity index (χ3v) is 8.46. The molecule has 2 amide bonds. The van der Waals surface area contributed by atoms with E-state index in [1.54, 1.807) is 43.7 Å². The van der Waals surface area contributed by atoms with Crippen LogP contribution in [0.3, 0.4) is 0 Å². The van der Waals surface area contributed by atoms with Crippen molar-refractivity contribution in [3.63, 3.8) is 0 Å². The fraction of sp³-hybridized carbons (Fsp3) is 0.312. The zero-order valence-corrected chi connectivity index (χ0v) is 24.1. The Kier molecular flexibility index (Phi) is 7.60. The van der Waals surface area contributed by atoms with Crippen LogP contribution in [0.25, 0.3) is 27.9 Å². The molecule has 0 saturated carbocycles. The zero-order chi connectivity index (χ0) is 31.2. The number of nitrogens with one attached hydrogen (secondary N) is 1. The fourth-order valence-corrected chi connectivity index (χ4v) is 6.09. The number of amides is 2. The predicted molar refractivity (Wildman–Crippen MR) is 157 cm³/mol. The van der Waals surface area contributed by atoms with Gasteiger partial charge in [0.05, 0.1) is 17.6 Å². The highest BCUT2D eigenvalue weighted by Crippen LogP contribution is 2.36. The molecular formula is C32H30F4N6O2. The van der Waals surface area contributed by atoms with Crippen molar-refractivity contribution in [3.8, 4) is 11.1 Å². The number of carbonyl (C=O) groups is 2. The van der Waals surface area contributed by atoms with E-state index in [1.165, 1.54) is 15.5 Å². The Morgan fingerprint density at radius 3 is 2.52 bits per heavy atom. The van der Waals surface area contributed by atoms with Crippen LogP contribution in [0.5, 0.6) is 0 Å². The molecule has 228 valence electrons. The van der Waals surface area contributed by atoms with Crippen molar-refractivity contribution in [2.24, 2.45) is 5.92 Å². The number of aromatic nitrogens is 4. The number of fused-ring (bicyclic) bond motifs is 3. The van der Waals surface area contributed by atoms with Gasteiger partial charge in [0.2, 0.25) is 5.91 Å². The van der Waals surface area contributed by atoms with E-state index in [1.807, 2.05) is 47.0 Å². The molecule has 6 rings (SSSR count). The molecule has 44 heavy (non-hydrogen) atoms. The molecule has 12 heteroatoms. The summed E-state index contributed by atoms with van der Waals surface area (Å²) in [5, 5.41) is 1.96. The molecule has 1 aliphatic heterocycles. The van der Waals surface area contributed by atoms with Crippen LogP contribution in [0.1, 0.15) is 48.2 Å². The molecule has 0 aliphatic carbocycles. The number of rotatable bonds is 6. The maximum atomic E-state index is 15.1. The van der Waals surface area contributed by atoms with Gasteiger partial charge in [-0.1, -0.05) is 55.8 Å². The minimum Gasteiger partial charge on any atom is -0.329 e. The van der Waals surface area contributed by atoms with Gasteiger partial charge in [0, 0.05) is 42.7 Å². The normalized spacial score (nSPS) is 17.8. The lowest BCUT2D eigenvalue weighted by atomic mass is 9.91. The average Bonchev–Trinajstić information content (AvgIpc) is 3.75. The number of carbonyl (C=O) groups excluding carboxylic acids is 2. The third kappa shape index (κ3) is 5.40. The van der Waals surface area contributed by atoms with Gasteiger partial charge in [0.1, 0.15) is 12.4 Å². The fourth-order valence-electron chi connectivity index (χ4n) is 6.09. The van der Waals surface area contributed by atoms with Crippen LogP contribution >= 0.6 is 0 Å². The molecule has 1 fully saturated rings. The summed E-state index contributed by atoms with van der Waals surface area (Å²) in [4.78, 5) is 36.6. The lowest BCUT2D eigenvalue weighted by Crippen LogP contribution is -2.42. The second kappa shape index (κ2) is 11.4. The summed E-state index contributed by atoms with van der Waals surface area (Å²) in [6.45, 7) is 2.83. The van der Waals surface area contributed by atoms with Gasteiger partial charge < -0.3 is 10.2 Å². The van der Waals surface area contributed by atoms with E-state index in [9.17, 15) is 22.8 Å². The quantitative estimate of drug-likeness (QED) is 0.220. The lowest BCUT2D eigenvalue weighted by molar-refractivity contribution is -0.123. The summed E-state index contributed by atoms with van der Waals surface area (Å²) in [6, 6.07) is 15.0. The molecule has 3 aromatic heterocycles. The largest absolute Gasteiger partial charge is 0.405 e. The maximum absolute atomic E-state index is 15.1. The summed E-state index contributed by atoms with van der Waals surface area (Å²) < 4.78 is 56.5. The Labute approximate surface area is 250 Å². The van der Waals surface area contributed by atoms with Crippen molar-refractivity contribution >= 4 is 28.7 Å². The molecule has 3 atom stereocenters. The number of hydrogen-bond donors (Lipinski definition) is 1. The number of halogens is 4. The van der Waals surface area contributed by atoms with Crippen LogP contribution in [0.4, 0.5) is 22.4 Å². The number of urea groups is 1. The first-order valence-electron chi connectivity index (χ1n) is 14.4. The van der Waals surface area contributed by atoms with Gasteiger partial charge in [-0.25, -0.2) is 19.2 Å². The van der Waals surface area contributed by atoms with E-state index in [-0.39, 0.29) is 24.3 Å². The highest BCUT2D eigenvalue weighted by Gasteiger charge is 2.38. The van der Waals surface area contributed by atoms with E-state index < -0.39 is 30.5 Å². The van der Waals surface area contributed by atoms with Gasteiger partial charge in [-0.2, -0.15) is 13.2 Å². The molecule has 0 bridgehead atoms. The van der Waals surface area contributed by atoms with E-state index in [2.05, 4.69) is 9.97 Å². The Balaban J connectivity index is 1.29. The van der Waals surface area contributed by atoms with Crippen molar-refractivity contribution in [3.05, 3.63) is 90.3 Å². The van der Waals surface area contributed by atoms with Crippen LogP contribution in [-0.4, -0.2) is 61.6 Å². The molecule has 2 aromatic carbocycles. The first-order valence-corrected chi connectivity index (χ1v) is 14.4.